The van der Waals surface area contributed by atoms with Crippen LogP contribution in [0.5, 0.6) is 0 Å². The van der Waals surface area contributed by atoms with Gasteiger partial charge in [-0.1, -0.05) is 36.4 Å². The van der Waals surface area contributed by atoms with Crippen LogP contribution in [0.15, 0.2) is 105 Å². The predicted octanol–water partition coefficient (Wildman–Crippen LogP) is -8.14. The van der Waals surface area contributed by atoms with Crippen molar-refractivity contribution in [1.82, 2.24) is 9.97 Å². The number of benzene rings is 3. The summed E-state index contributed by atoms with van der Waals surface area (Å²) < 4.78 is 103. The molecule has 1 heterocycles. The Kier molecular flexibility index (Phi) is 21.0. The third-order valence-electron chi connectivity index (χ3n) is 4.87. The minimum Gasteiger partial charge on any atom is -0.744 e. The van der Waals surface area contributed by atoms with Crippen molar-refractivity contribution in [3.63, 3.8) is 0 Å². The van der Waals surface area contributed by atoms with E-state index in [2.05, 4.69) is 22.6 Å². The monoisotopic (exact) mass is 890 g/mol. The first-order valence-corrected chi connectivity index (χ1v) is 16.5. The minimum atomic E-state index is -4.82. The summed E-state index contributed by atoms with van der Waals surface area (Å²) in [6.45, 7) is 1.89. The van der Waals surface area contributed by atoms with Gasteiger partial charge in [-0.05, 0) is 73.2 Å². The zero-order valence-corrected chi connectivity index (χ0v) is 35.4. The SMILES string of the molecule is Cc1ccnc([S-])n1.O=S(=O)([O-])c1cccc(P(c2cccc(S(=O)(=O)[O-])c2)c2cccc(S(=O)(=O)[O-])c2)c1.[Au+].[Na+].[Na+].[Na+]. The Hall–Kier alpha value is 0.860. The van der Waals surface area contributed by atoms with E-state index in [-0.39, 0.29) is 127 Å². The van der Waals surface area contributed by atoms with E-state index in [4.69, 9.17) is 0 Å². The molecule has 0 atom stereocenters. The van der Waals surface area contributed by atoms with Crippen LogP contribution < -0.4 is 105 Å². The average Bonchev–Trinajstić information content (AvgIpc) is 2.84. The van der Waals surface area contributed by atoms with Gasteiger partial charge >= 0.3 is 111 Å². The van der Waals surface area contributed by atoms with Crippen LogP contribution in [0.1, 0.15) is 5.69 Å². The van der Waals surface area contributed by atoms with Crippen LogP contribution in [-0.2, 0) is 65.4 Å². The maximum atomic E-state index is 11.5. The largest absolute Gasteiger partial charge is 1.00 e. The quantitative estimate of drug-likeness (QED) is 0.0584. The van der Waals surface area contributed by atoms with Crippen LogP contribution in [0.25, 0.3) is 0 Å². The fourth-order valence-electron chi connectivity index (χ4n) is 3.21. The molecule has 0 aliphatic carbocycles. The van der Waals surface area contributed by atoms with Gasteiger partial charge in [0.05, 0.1) is 14.7 Å². The summed E-state index contributed by atoms with van der Waals surface area (Å²) in [6, 6.07) is 16.6. The van der Waals surface area contributed by atoms with Gasteiger partial charge < -0.3 is 26.3 Å². The summed E-state index contributed by atoms with van der Waals surface area (Å²) in [4.78, 5) is 5.99. The molecule has 0 saturated carbocycles. The summed E-state index contributed by atoms with van der Waals surface area (Å²) in [5, 5.41) is 1.19. The standard InChI is InChI=1S/C18H15O9PS3.C5H6N2S.Au.3Na/c19-29(20,21)16-7-1-4-13(10-16)28(14-5-2-8-17(11-14)30(22,23)24)15-6-3-9-18(12-15)31(25,26)27;1-4-2-3-6-5(8)7-4;;;;/h1-12H,(H,19,20,21)(H,22,23,24)(H,25,26,27);2-3H,1H3,(H,6,7,8);;;;/q;;4*+1/p-4. The molecule has 0 bridgehead atoms. The molecule has 0 aliphatic rings. The normalized spacial score (nSPS) is 10.9. The molecule has 0 unspecified atom stereocenters. The van der Waals surface area contributed by atoms with E-state index >= 15 is 0 Å². The Balaban J connectivity index is 0. The Morgan fingerprint density at radius 3 is 1.19 bits per heavy atom. The summed E-state index contributed by atoms with van der Waals surface area (Å²) in [5.41, 5.74) is 0.921. The van der Waals surface area contributed by atoms with E-state index in [1.165, 1.54) is 36.4 Å². The van der Waals surface area contributed by atoms with Gasteiger partial charge in [-0.15, -0.1) is 0 Å². The molecule has 4 rings (SSSR count). The second kappa shape index (κ2) is 19.6. The molecule has 0 spiro atoms. The van der Waals surface area contributed by atoms with E-state index < -0.39 is 53.0 Å². The minimum absolute atomic E-state index is 0. The number of rotatable bonds is 6. The molecule has 0 amide bonds. The molecule has 20 heteroatoms. The Labute approximate surface area is 339 Å². The molecule has 216 valence electrons. The molecule has 11 nitrogen and oxygen atoms in total. The molecule has 0 N–H and O–H groups in total. The van der Waals surface area contributed by atoms with E-state index in [1.807, 2.05) is 13.0 Å². The second-order valence-electron chi connectivity index (χ2n) is 7.67. The fourth-order valence-corrected chi connectivity index (χ4v) is 7.63. The second-order valence-corrected chi connectivity index (χ2v) is 14.4. The number of hydrogen-bond acceptors (Lipinski definition) is 12. The van der Waals surface area contributed by atoms with Gasteiger partial charge in [0.25, 0.3) is 0 Å². The number of aryl methyl sites for hydroxylation is 1. The smallest absolute Gasteiger partial charge is 0.744 e. The van der Waals surface area contributed by atoms with Gasteiger partial charge in [0.2, 0.25) is 0 Å². The zero-order valence-electron chi connectivity index (χ0n) is 23.0. The van der Waals surface area contributed by atoms with Crippen LogP contribution in [0.4, 0.5) is 0 Å². The van der Waals surface area contributed by atoms with Crippen molar-refractivity contribution >= 4 is 66.8 Å². The van der Waals surface area contributed by atoms with Gasteiger partial charge in [-0.2, -0.15) is 0 Å². The van der Waals surface area contributed by atoms with Crippen molar-refractivity contribution in [2.75, 3.05) is 0 Å². The van der Waals surface area contributed by atoms with Crippen LogP contribution in [0.2, 0.25) is 0 Å². The van der Waals surface area contributed by atoms with Gasteiger partial charge in [0.1, 0.15) is 30.4 Å². The number of nitrogens with zero attached hydrogens (tertiary/aromatic N) is 2. The average molecular weight is 891 g/mol. The van der Waals surface area contributed by atoms with Crippen LogP contribution in [0.3, 0.4) is 0 Å². The van der Waals surface area contributed by atoms with Crippen molar-refractivity contribution in [3.8, 4) is 0 Å². The first-order valence-electron chi connectivity index (χ1n) is 10.5. The van der Waals surface area contributed by atoms with Crippen LogP contribution in [0, 0.1) is 6.92 Å². The summed E-state index contributed by atoms with van der Waals surface area (Å²) in [5.74, 6) is 0. The molecular weight excluding hydrogens is 873 g/mol. The fraction of sp³-hybridized carbons (Fsp3) is 0.0435. The zero-order chi connectivity index (χ0) is 29.0. The molecule has 43 heavy (non-hydrogen) atoms. The van der Waals surface area contributed by atoms with Gasteiger partial charge in [0, 0.05) is 17.0 Å². The summed E-state index contributed by atoms with van der Waals surface area (Å²) >= 11 is 4.68. The summed E-state index contributed by atoms with van der Waals surface area (Å²) in [6.07, 6.45) is 1.66. The van der Waals surface area contributed by atoms with Gasteiger partial charge in [-0.3, -0.25) is 9.97 Å². The topological polar surface area (TPSA) is 197 Å². The Morgan fingerprint density at radius 1 is 0.628 bits per heavy atom. The molecule has 4 aromatic rings. The molecule has 0 aliphatic heterocycles. The van der Waals surface area contributed by atoms with Gasteiger partial charge in [-0.25, -0.2) is 25.3 Å². The Bertz CT molecular complexity index is 1660. The first kappa shape index (κ1) is 46.0. The van der Waals surface area contributed by atoms with Gasteiger partial charge in [0.15, 0.2) is 0 Å². The van der Waals surface area contributed by atoms with Crippen molar-refractivity contribution in [1.29, 1.82) is 0 Å². The molecule has 0 fully saturated rings. The first-order chi connectivity index (χ1) is 18.1. The molecule has 0 radical (unpaired) electrons. The van der Waals surface area contributed by atoms with Crippen molar-refractivity contribution in [2.45, 2.75) is 26.8 Å². The summed E-state index contributed by atoms with van der Waals surface area (Å²) in [7, 11) is -16.3. The third-order valence-corrected chi connectivity index (χ3v) is 9.94. The van der Waals surface area contributed by atoms with Crippen LogP contribution in [-0.4, -0.2) is 48.9 Å². The number of hydrogen-bond donors (Lipinski definition) is 0. The Morgan fingerprint density at radius 2 is 0.953 bits per heavy atom. The van der Waals surface area contributed by atoms with E-state index in [0.29, 0.717) is 5.16 Å². The molecular formula is C23H17AuN2Na3O9PS4. The van der Waals surface area contributed by atoms with E-state index in [0.717, 1.165) is 42.1 Å². The maximum absolute atomic E-state index is 11.5. The van der Waals surface area contributed by atoms with E-state index in [9.17, 15) is 38.9 Å². The van der Waals surface area contributed by atoms with E-state index in [1.54, 1.807) is 6.20 Å². The maximum Gasteiger partial charge on any atom is 1.00 e. The van der Waals surface area contributed by atoms with Crippen molar-refractivity contribution < 1.29 is 150 Å². The molecule has 1 aromatic heterocycles. The molecule has 0 saturated heterocycles. The van der Waals surface area contributed by atoms with Crippen molar-refractivity contribution in [2.24, 2.45) is 0 Å². The number of aromatic nitrogens is 2. The predicted molar refractivity (Wildman–Crippen MR) is 141 cm³/mol. The third kappa shape index (κ3) is 14.3. The molecule has 3 aromatic carbocycles. The van der Waals surface area contributed by atoms with Crippen molar-refractivity contribution in [3.05, 3.63) is 90.8 Å². The van der Waals surface area contributed by atoms with Crippen LogP contribution >= 0.6 is 7.92 Å².